The van der Waals surface area contributed by atoms with Gasteiger partial charge in [-0.05, 0) is 54.7 Å². The van der Waals surface area contributed by atoms with Gasteiger partial charge in [-0.1, -0.05) is 34.1 Å². The molecule has 1 unspecified atom stereocenters. The summed E-state index contributed by atoms with van der Waals surface area (Å²) in [7, 11) is 1.66. The topological polar surface area (TPSA) is 41.6 Å². The largest absolute Gasteiger partial charge is 0.497 e. The Morgan fingerprint density at radius 1 is 1.27 bits per heavy atom. The zero-order valence-electron chi connectivity index (χ0n) is 15.1. The number of hydrogen-bond acceptors (Lipinski definition) is 3. The van der Waals surface area contributed by atoms with Crippen LogP contribution in [0.2, 0.25) is 0 Å². The van der Waals surface area contributed by atoms with E-state index in [9.17, 15) is 4.79 Å². The van der Waals surface area contributed by atoms with Gasteiger partial charge in [-0.2, -0.15) is 0 Å². The fourth-order valence-electron chi connectivity index (χ4n) is 3.30. The van der Waals surface area contributed by atoms with E-state index in [4.69, 9.17) is 4.74 Å². The Balaban J connectivity index is 1.39. The second-order valence-corrected chi connectivity index (χ2v) is 7.65. The van der Waals surface area contributed by atoms with Gasteiger partial charge in [0.1, 0.15) is 5.75 Å². The highest BCUT2D eigenvalue weighted by molar-refractivity contribution is 9.10. The van der Waals surface area contributed by atoms with Gasteiger partial charge < -0.3 is 15.0 Å². The van der Waals surface area contributed by atoms with E-state index in [1.165, 1.54) is 5.69 Å². The highest BCUT2D eigenvalue weighted by Crippen LogP contribution is 2.26. The van der Waals surface area contributed by atoms with Crippen molar-refractivity contribution in [1.29, 1.82) is 0 Å². The summed E-state index contributed by atoms with van der Waals surface area (Å²) >= 11 is 3.53. The van der Waals surface area contributed by atoms with Crippen LogP contribution in [0.1, 0.15) is 18.4 Å². The summed E-state index contributed by atoms with van der Waals surface area (Å²) in [5.41, 5.74) is 2.40. The molecule has 0 saturated carbocycles. The van der Waals surface area contributed by atoms with Crippen LogP contribution in [-0.2, 0) is 11.2 Å². The van der Waals surface area contributed by atoms with Gasteiger partial charge in [0.15, 0.2) is 0 Å². The predicted molar refractivity (Wildman–Crippen MR) is 109 cm³/mol. The molecule has 0 aromatic heterocycles. The minimum Gasteiger partial charge on any atom is -0.497 e. The Kier molecular flexibility index (Phi) is 6.56. The third-order valence-corrected chi connectivity index (χ3v) is 5.34. The van der Waals surface area contributed by atoms with Crippen molar-refractivity contribution < 1.29 is 9.53 Å². The lowest BCUT2D eigenvalue weighted by molar-refractivity contribution is -0.121. The average Bonchev–Trinajstić information content (AvgIpc) is 3.14. The molecule has 0 spiro atoms. The van der Waals surface area contributed by atoms with Crippen molar-refractivity contribution >= 4 is 27.5 Å². The molecule has 1 fully saturated rings. The number of hydrogen-bond donors (Lipinski definition) is 1. The van der Waals surface area contributed by atoms with E-state index in [2.05, 4.69) is 44.3 Å². The van der Waals surface area contributed by atoms with Crippen molar-refractivity contribution in [2.45, 2.75) is 19.3 Å². The maximum absolute atomic E-state index is 12.1. The van der Waals surface area contributed by atoms with Gasteiger partial charge in [-0.3, -0.25) is 4.79 Å². The van der Waals surface area contributed by atoms with E-state index in [-0.39, 0.29) is 5.91 Å². The number of amides is 1. The molecule has 1 aliphatic heterocycles. The minimum absolute atomic E-state index is 0.127. The minimum atomic E-state index is 0.127. The van der Waals surface area contributed by atoms with Crippen molar-refractivity contribution in [3.63, 3.8) is 0 Å². The van der Waals surface area contributed by atoms with Crippen LogP contribution in [0.15, 0.2) is 53.0 Å². The van der Waals surface area contributed by atoms with Gasteiger partial charge in [0.05, 0.1) is 7.11 Å². The van der Waals surface area contributed by atoms with Crippen LogP contribution in [0.3, 0.4) is 0 Å². The summed E-state index contributed by atoms with van der Waals surface area (Å²) in [5.74, 6) is 1.48. The zero-order valence-corrected chi connectivity index (χ0v) is 16.7. The lowest BCUT2D eigenvalue weighted by Gasteiger charge is -2.19. The van der Waals surface area contributed by atoms with E-state index >= 15 is 0 Å². The Morgan fingerprint density at radius 2 is 2.08 bits per heavy atom. The van der Waals surface area contributed by atoms with Gasteiger partial charge in [0.25, 0.3) is 0 Å². The first kappa shape index (κ1) is 18.8. The number of benzene rings is 2. The van der Waals surface area contributed by atoms with E-state index in [1.54, 1.807) is 7.11 Å². The fourth-order valence-corrected chi connectivity index (χ4v) is 3.69. The first-order valence-electron chi connectivity index (χ1n) is 9.04. The monoisotopic (exact) mass is 416 g/mol. The highest BCUT2D eigenvalue weighted by Gasteiger charge is 2.23. The fraction of sp³-hybridized carbons (Fsp3) is 0.381. The molecule has 2 aromatic rings. The van der Waals surface area contributed by atoms with Crippen molar-refractivity contribution in [3.8, 4) is 5.75 Å². The van der Waals surface area contributed by atoms with Gasteiger partial charge >= 0.3 is 0 Å². The Morgan fingerprint density at radius 3 is 2.81 bits per heavy atom. The molecule has 0 bridgehead atoms. The molecule has 4 nitrogen and oxygen atoms in total. The number of anilines is 1. The van der Waals surface area contributed by atoms with Gasteiger partial charge in [-0.25, -0.2) is 0 Å². The van der Waals surface area contributed by atoms with Crippen LogP contribution in [0.4, 0.5) is 5.69 Å². The maximum atomic E-state index is 12.1. The second kappa shape index (κ2) is 9.08. The van der Waals surface area contributed by atoms with Crippen molar-refractivity contribution in [2.75, 3.05) is 31.6 Å². The number of carbonyl (C=O) groups is 1. The lowest BCUT2D eigenvalue weighted by Crippen LogP contribution is -2.31. The molecule has 0 aliphatic carbocycles. The third-order valence-electron chi connectivity index (χ3n) is 4.85. The van der Waals surface area contributed by atoms with Crippen LogP contribution in [0.5, 0.6) is 5.75 Å². The van der Waals surface area contributed by atoms with Crippen LogP contribution in [-0.4, -0.2) is 32.7 Å². The summed E-state index contributed by atoms with van der Waals surface area (Å²) in [4.78, 5) is 14.5. The zero-order chi connectivity index (χ0) is 18.4. The van der Waals surface area contributed by atoms with Crippen molar-refractivity contribution in [3.05, 3.63) is 58.6 Å². The highest BCUT2D eigenvalue weighted by atomic mass is 79.9. The number of nitrogens with zero attached hydrogens (tertiary/aromatic N) is 1. The van der Waals surface area contributed by atoms with Gasteiger partial charge in [0.2, 0.25) is 5.91 Å². The normalized spacial score (nSPS) is 16.5. The molecular weight excluding hydrogens is 392 g/mol. The SMILES string of the molecule is COc1ccc(CCC(=O)NCC2CCN(c3cccc(Br)c3)C2)cc1. The number of nitrogens with one attached hydrogen (secondary N) is 1. The quantitative estimate of drug-likeness (QED) is 0.740. The number of rotatable bonds is 7. The first-order valence-corrected chi connectivity index (χ1v) is 9.83. The Labute approximate surface area is 163 Å². The number of aryl methyl sites for hydroxylation is 1. The van der Waals surface area contributed by atoms with Crippen LogP contribution < -0.4 is 15.0 Å². The van der Waals surface area contributed by atoms with Gasteiger partial charge in [0, 0.05) is 36.2 Å². The number of ether oxygens (including phenoxy) is 1. The maximum Gasteiger partial charge on any atom is 0.220 e. The molecule has 5 heteroatoms. The van der Waals surface area contributed by atoms with Crippen molar-refractivity contribution in [2.24, 2.45) is 5.92 Å². The van der Waals surface area contributed by atoms with Crippen LogP contribution >= 0.6 is 15.9 Å². The standard InChI is InChI=1S/C21H25BrN2O2/c1-26-20-8-5-16(6-9-20)7-10-21(25)23-14-17-11-12-24(15-17)19-4-2-3-18(22)13-19/h2-6,8-9,13,17H,7,10-12,14-15H2,1H3,(H,23,25). The Hall–Kier alpha value is -2.01. The molecule has 1 saturated heterocycles. The molecule has 0 radical (unpaired) electrons. The predicted octanol–water partition coefficient (Wildman–Crippen LogP) is 4.03. The van der Waals surface area contributed by atoms with E-state index in [0.29, 0.717) is 12.3 Å². The van der Waals surface area contributed by atoms with E-state index in [1.807, 2.05) is 30.3 Å². The number of carbonyl (C=O) groups excluding carboxylic acids is 1. The molecule has 1 aliphatic rings. The summed E-state index contributed by atoms with van der Waals surface area (Å²) in [5, 5.41) is 3.10. The van der Waals surface area contributed by atoms with E-state index in [0.717, 1.165) is 48.3 Å². The number of methoxy groups -OCH3 is 1. The first-order chi connectivity index (χ1) is 12.6. The lowest BCUT2D eigenvalue weighted by atomic mass is 10.1. The van der Waals surface area contributed by atoms with Crippen molar-refractivity contribution in [1.82, 2.24) is 5.32 Å². The van der Waals surface area contributed by atoms with E-state index < -0.39 is 0 Å². The number of halogens is 1. The summed E-state index contributed by atoms with van der Waals surface area (Å²) < 4.78 is 6.25. The smallest absolute Gasteiger partial charge is 0.220 e. The molecule has 1 atom stereocenters. The van der Waals surface area contributed by atoms with Crippen LogP contribution in [0, 0.1) is 5.92 Å². The van der Waals surface area contributed by atoms with Gasteiger partial charge in [-0.15, -0.1) is 0 Å². The average molecular weight is 417 g/mol. The molecule has 1 N–H and O–H groups in total. The molecule has 2 aromatic carbocycles. The molecule has 138 valence electrons. The molecule has 1 heterocycles. The van der Waals surface area contributed by atoms with Crippen LogP contribution in [0.25, 0.3) is 0 Å². The third kappa shape index (κ3) is 5.24. The summed E-state index contributed by atoms with van der Waals surface area (Å²) in [6.45, 7) is 2.80. The molecule has 26 heavy (non-hydrogen) atoms. The summed E-state index contributed by atoms with van der Waals surface area (Å²) in [6.07, 6.45) is 2.39. The Bertz CT molecular complexity index is 733. The summed E-state index contributed by atoms with van der Waals surface area (Å²) in [6, 6.07) is 16.3. The molecular formula is C21H25BrN2O2. The second-order valence-electron chi connectivity index (χ2n) is 6.73. The molecule has 1 amide bonds. The molecule has 3 rings (SSSR count).